The number of nitrogens with zero attached hydrogens (tertiary/aromatic N) is 1. The number of hydrogen-bond acceptors (Lipinski definition) is 3. The summed E-state index contributed by atoms with van der Waals surface area (Å²) in [6, 6.07) is 6.91. The number of fused-ring (bicyclic) bond motifs is 1. The zero-order valence-corrected chi connectivity index (χ0v) is 9.78. The van der Waals surface area contributed by atoms with Crippen LogP contribution in [0, 0.1) is 0 Å². The summed E-state index contributed by atoms with van der Waals surface area (Å²) in [7, 11) is -0.838. The van der Waals surface area contributed by atoms with Gasteiger partial charge in [-0.2, -0.15) is 12.7 Å². The van der Waals surface area contributed by atoms with Crippen molar-refractivity contribution in [1.82, 2.24) is 9.29 Å². The average Bonchev–Trinajstić information content (AvgIpc) is 2.63. The van der Waals surface area contributed by atoms with Crippen LogP contribution in [-0.2, 0) is 10.3 Å². The monoisotopic (exact) mass is 240 g/mol. The van der Waals surface area contributed by atoms with Crippen molar-refractivity contribution in [2.45, 2.75) is 0 Å². The van der Waals surface area contributed by atoms with E-state index in [1.165, 1.54) is 14.1 Å². The van der Waals surface area contributed by atoms with Gasteiger partial charge in [-0.05, 0) is 24.3 Å². The van der Waals surface area contributed by atoms with Gasteiger partial charge in [-0.25, -0.2) is 0 Å². The van der Waals surface area contributed by atoms with Crippen LogP contribution in [0.1, 0.15) is 0 Å². The maximum absolute atomic E-state index is 11.5. The van der Waals surface area contributed by atoms with Crippen LogP contribution in [0.4, 0.5) is 0 Å². The van der Waals surface area contributed by atoms with Crippen LogP contribution in [0.3, 0.4) is 0 Å². The largest absolute Gasteiger partial charge is 0.384 e. The molecule has 0 saturated carbocycles. The van der Waals surface area contributed by atoms with Gasteiger partial charge < -0.3 is 9.17 Å². The van der Waals surface area contributed by atoms with Crippen molar-refractivity contribution in [1.29, 1.82) is 0 Å². The Kier molecular flexibility index (Phi) is 2.61. The van der Waals surface area contributed by atoms with Gasteiger partial charge in [-0.1, -0.05) is 0 Å². The van der Waals surface area contributed by atoms with Crippen LogP contribution < -0.4 is 4.18 Å². The number of nitrogens with one attached hydrogen (secondary N) is 1. The maximum atomic E-state index is 11.5. The summed E-state index contributed by atoms with van der Waals surface area (Å²) in [5, 5.41) is 0.909. The third-order valence-electron chi connectivity index (χ3n) is 2.17. The van der Waals surface area contributed by atoms with E-state index >= 15 is 0 Å². The number of benzene rings is 1. The second-order valence-corrected chi connectivity index (χ2v) is 5.30. The number of rotatable bonds is 3. The molecule has 0 atom stereocenters. The lowest BCUT2D eigenvalue weighted by atomic mass is 10.2. The number of aromatic amines is 1. The Morgan fingerprint density at radius 2 is 2.00 bits per heavy atom. The normalized spacial score (nSPS) is 12.2. The Morgan fingerprint density at radius 3 is 2.69 bits per heavy atom. The lowest BCUT2D eigenvalue weighted by Gasteiger charge is -2.11. The Hall–Kier alpha value is -1.53. The van der Waals surface area contributed by atoms with Crippen LogP contribution >= 0.6 is 0 Å². The van der Waals surface area contributed by atoms with Crippen LogP contribution in [0.2, 0.25) is 0 Å². The first-order valence-corrected chi connectivity index (χ1v) is 6.04. The summed E-state index contributed by atoms with van der Waals surface area (Å²) >= 11 is 0. The molecule has 16 heavy (non-hydrogen) atoms. The highest BCUT2D eigenvalue weighted by molar-refractivity contribution is 7.84. The van der Waals surface area contributed by atoms with E-state index < -0.39 is 10.3 Å². The van der Waals surface area contributed by atoms with Gasteiger partial charge in [0.15, 0.2) is 0 Å². The first-order valence-electron chi connectivity index (χ1n) is 4.68. The van der Waals surface area contributed by atoms with E-state index in [-0.39, 0.29) is 0 Å². The van der Waals surface area contributed by atoms with E-state index in [9.17, 15) is 8.42 Å². The second-order valence-electron chi connectivity index (χ2n) is 3.55. The van der Waals surface area contributed by atoms with Crippen molar-refractivity contribution < 1.29 is 12.6 Å². The van der Waals surface area contributed by atoms with Crippen LogP contribution in [0.15, 0.2) is 30.5 Å². The molecule has 0 aliphatic heterocycles. The van der Waals surface area contributed by atoms with Crippen molar-refractivity contribution in [3.63, 3.8) is 0 Å². The molecule has 5 nitrogen and oxygen atoms in total. The average molecular weight is 240 g/mol. The van der Waals surface area contributed by atoms with Crippen molar-refractivity contribution >= 4 is 21.2 Å². The Morgan fingerprint density at radius 1 is 1.25 bits per heavy atom. The Balaban J connectivity index is 2.34. The third-order valence-corrected chi connectivity index (χ3v) is 3.47. The van der Waals surface area contributed by atoms with E-state index in [1.54, 1.807) is 24.4 Å². The van der Waals surface area contributed by atoms with Crippen molar-refractivity contribution in [2.24, 2.45) is 0 Å². The van der Waals surface area contributed by atoms with Crippen molar-refractivity contribution in [3.05, 3.63) is 30.5 Å². The first-order chi connectivity index (χ1) is 7.49. The van der Waals surface area contributed by atoms with Crippen molar-refractivity contribution in [2.75, 3.05) is 14.1 Å². The molecule has 1 aromatic heterocycles. The molecule has 0 bridgehead atoms. The van der Waals surface area contributed by atoms with Crippen molar-refractivity contribution in [3.8, 4) is 5.75 Å². The summed E-state index contributed by atoms with van der Waals surface area (Å²) in [5.41, 5.74) is 0.939. The highest BCUT2D eigenvalue weighted by atomic mass is 32.2. The fourth-order valence-corrected chi connectivity index (χ4v) is 1.78. The third kappa shape index (κ3) is 2.02. The molecule has 0 spiro atoms. The SMILES string of the molecule is CN(C)S(=O)(=O)Oc1ccc2[nH]ccc2c1. The van der Waals surface area contributed by atoms with E-state index in [0.717, 1.165) is 15.2 Å². The van der Waals surface area contributed by atoms with E-state index in [1.807, 2.05) is 6.07 Å². The minimum atomic E-state index is -3.68. The molecular formula is C10H12N2O3S. The molecule has 0 unspecified atom stereocenters. The summed E-state index contributed by atoms with van der Waals surface area (Å²) in [6.07, 6.45) is 1.79. The highest BCUT2D eigenvalue weighted by Gasteiger charge is 2.15. The molecule has 0 radical (unpaired) electrons. The van der Waals surface area contributed by atoms with Gasteiger partial charge in [0.2, 0.25) is 0 Å². The maximum Gasteiger partial charge on any atom is 0.384 e. The summed E-state index contributed by atoms with van der Waals surface area (Å²) in [5.74, 6) is 0.306. The number of hydrogen-bond donors (Lipinski definition) is 1. The number of H-pyrrole nitrogens is 1. The zero-order valence-electron chi connectivity index (χ0n) is 8.97. The molecule has 1 aromatic carbocycles. The molecule has 6 heteroatoms. The predicted molar refractivity (Wildman–Crippen MR) is 61.5 cm³/mol. The lowest BCUT2D eigenvalue weighted by molar-refractivity contribution is 0.421. The molecule has 0 saturated heterocycles. The highest BCUT2D eigenvalue weighted by Crippen LogP contribution is 2.21. The Labute approximate surface area is 93.9 Å². The fourth-order valence-electron chi connectivity index (χ4n) is 1.28. The smallest absolute Gasteiger partial charge is 0.371 e. The first kappa shape index (κ1) is 11.0. The summed E-state index contributed by atoms with van der Waals surface area (Å²) < 4.78 is 28.9. The minimum absolute atomic E-state index is 0.306. The molecule has 1 N–H and O–H groups in total. The zero-order chi connectivity index (χ0) is 11.8. The van der Waals surface area contributed by atoms with Gasteiger partial charge in [-0.15, -0.1) is 0 Å². The minimum Gasteiger partial charge on any atom is -0.371 e. The van der Waals surface area contributed by atoms with E-state index in [4.69, 9.17) is 4.18 Å². The van der Waals surface area contributed by atoms with Crippen LogP contribution in [-0.4, -0.2) is 31.8 Å². The van der Waals surface area contributed by atoms with Gasteiger partial charge in [0.25, 0.3) is 0 Å². The second kappa shape index (κ2) is 3.80. The molecule has 2 rings (SSSR count). The quantitative estimate of drug-likeness (QED) is 0.881. The van der Waals surface area contributed by atoms with Crippen LogP contribution in [0.25, 0.3) is 10.9 Å². The fraction of sp³-hybridized carbons (Fsp3) is 0.200. The van der Waals surface area contributed by atoms with Gasteiger partial charge in [0, 0.05) is 31.2 Å². The lowest BCUT2D eigenvalue weighted by Crippen LogP contribution is -2.26. The van der Waals surface area contributed by atoms with Gasteiger partial charge in [-0.3, -0.25) is 0 Å². The predicted octanol–water partition coefficient (Wildman–Crippen LogP) is 1.35. The molecular weight excluding hydrogens is 228 g/mol. The van der Waals surface area contributed by atoms with Crippen LogP contribution in [0.5, 0.6) is 5.75 Å². The molecule has 0 aliphatic carbocycles. The van der Waals surface area contributed by atoms with Gasteiger partial charge in [0.1, 0.15) is 5.75 Å². The molecule has 0 fully saturated rings. The topological polar surface area (TPSA) is 62.4 Å². The molecule has 86 valence electrons. The number of aromatic nitrogens is 1. The van der Waals surface area contributed by atoms with E-state index in [0.29, 0.717) is 5.75 Å². The Bertz CT molecular complexity index is 601. The molecule has 2 aromatic rings. The molecule has 0 aliphatic rings. The summed E-state index contributed by atoms with van der Waals surface area (Å²) in [4.78, 5) is 3.02. The van der Waals surface area contributed by atoms with E-state index in [2.05, 4.69) is 4.98 Å². The van der Waals surface area contributed by atoms with Gasteiger partial charge in [0.05, 0.1) is 0 Å². The van der Waals surface area contributed by atoms with Gasteiger partial charge >= 0.3 is 10.3 Å². The summed E-state index contributed by atoms with van der Waals surface area (Å²) in [6.45, 7) is 0. The molecule has 1 heterocycles. The molecule has 0 amide bonds. The standard InChI is InChI=1S/C10H12N2O3S/c1-12(2)16(13,14)15-9-3-4-10-8(7-9)5-6-11-10/h3-7,11H,1-2H3.